The molecule has 86 valence electrons. The number of amides is 1. The summed E-state index contributed by atoms with van der Waals surface area (Å²) >= 11 is 0. The predicted octanol–water partition coefficient (Wildman–Crippen LogP) is 0.535. The van der Waals surface area contributed by atoms with Gasteiger partial charge in [-0.05, 0) is 26.2 Å². The van der Waals surface area contributed by atoms with Crippen LogP contribution >= 0.6 is 0 Å². The van der Waals surface area contributed by atoms with Gasteiger partial charge in [0.2, 0.25) is 5.91 Å². The maximum absolute atomic E-state index is 11.5. The minimum Gasteiger partial charge on any atom is -0.481 e. The lowest BCUT2D eigenvalue weighted by molar-refractivity contribution is -0.137. The molecule has 0 aliphatic carbocycles. The van der Waals surface area contributed by atoms with E-state index in [-0.39, 0.29) is 24.5 Å². The van der Waals surface area contributed by atoms with Gasteiger partial charge in [-0.25, -0.2) is 0 Å². The third-order valence-corrected chi connectivity index (χ3v) is 2.40. The molecule has 2 atom stereocenters. The number of carbonyl (C=O) groups is 2. The Hall–Kier alpha value is -1.10. The lowest BCUT2D eigenvalue weighted by Gasteiger charge is -2.15. The highest BCUT2D eigenvalue weighted by Crippen LogP contribution is 2.12. The fourth-order valence-electron chi connectivity index (χ4n) is 1.53. The van der Waals surface area contributed by atoms with Gasteiger partial charge < -0.3 is 15.2 Å². The van der Waals surface area contributed by atoms with Crippen molar-refractivity contribution in [1.29, 1.82) is 0 Å². The molecule has 1 rings (SSSR count). The minimum atomic E-state index is -0.840. The molecule has 1 fully saturated rings. The fraction of sp³-hybridized carbons (Fsp3) is 0.800. The summed E-state index contributed by atoms with van der Waals surface area (Å²) in [5.41, 5.74) is 0. The molecule has 5 nitrogen and oxygen atoms in total. The van der Waals surface area contributed by atoms with E-state index < -0.39 is 5.97 Å². The molecule has 0 radical (unpaired) electrons. The van der Waals surface area contributed by atoms with Crippen LogP contribution in [0.2, 0.25) is 0 Å². The molecule has 0 aromatic rings. The Labute approximate surface area is 88.8 Å². The van der Waals surface area contributed by atoms with E-state index in [0.29, 0.717) is 13.0 Å². The van der Waals surface area contributed by atoms with E-state index in [4.69, 9.17) is 9.84 Å². The molecule has 0 aromatic heterocycles. The SMILES string of the molecule is CC(CCC(=O)O)NC(=O)[C@@H]1CCCO1. The van der Waals surface area contributed by atoms with Crippen molar-refractivity contribution in [2.24, 2.45) is 0 Å². The van der Waals surface area contributed by atoms with Gasteiger partial charge in [0, 0.05) is 19.1 Å². The van der Waals surface area contributed by atoms with Crippen molar-refractivity contribution in [1.82, 2.24) is 5.32 Å². The summed E-state index contributed by atoms with van der Waals surface area (Å²) < 4.78 is 5.21. The number of hydrogen-bond donors (Lipinski definition) is 2. The van der Waals surface area contributed by atoms with Gasteiger partial charge in [0.25, 0.3) is 0 Å². The van der Waals surface area contributed by atoms with Crippen LogP contribution in [0.1, 0.15) is 32.6 Å². The maximum atomic E-state index is 11.5. The van der Waals surface area contributed by atoms with Gasteiger partial charge in [-0.2, -0.15) is 0 Å². The molecule has 5 heteroatoms. The molecule has 15 heavy (non-hydrogen) atoms. The molecule has 1 saturated heterocycles. The van der Waals surface area contributed by atoms with E-state index in [1.165, 1.54) is 0 Å². The Balaban J connectivity index is 2.21. The zero-order valence-corrected chi connectivity index (χ0v) is 8.86. The Morgan fingerprint density at radius 2 is 2.33 bits per heavy atom. The van der Waals surface area contributed by atoms with Crippen LogP contribution in [0.15, 0.2) is 0 Å². The number of aliphatic carboxylic acids is 1. The zero-order valence-electron chi connectivity index (χ0n) is 8.86. The third kappa shape index (κ3) is 4.29. The van der Waals surface area contributed by atoms with Crippen molar-refractivity contribution >= 4 is 11.9 Å². The van der Waals surface area contributed by atoms with Gasteiger partial charge in [-0.15, -0.1) is 0 Å². The van der Waals surface area contributed by atoms with Crippen LogP contribution in [0, 0.1) is 0 Å². The van der Waals surface area contributed by atoms with Gasteiger partial charge in [0.05, 0.1) is 0 Å². The largest absolute Gasteiger partial charge is 0.481 e. The maximum Gasteiger partial charge on any atom is 0.303 e. The number of carboxylic acid groups (broad SMARTS) is 1. The fourth-order valence-corrected chi connectivity index (χ4v) is 1.53. The van der Waals surface area contributed by atoms with Crippen molar-refractivity contribution in [3.63, 3.8) is 0 Å². The van der Waals surface area contributed by atoms with Crippen molar-refractivity contribution in [3.8, 4) is 0 Å². The quantitative estimate of drug-likeness (QED) is 0.701. The van der Waals surface area contributed by atoms with Crippen LogP contribution < -0.4 is 5.32 Å². The molecule has 0 saturated carbocycles. The Kier molecular flexibility index (Phi) is 4.55. The van der Waals surface area contributed by atoms with Crippen LogP contribution in [-0.4, -0.2) is 35.7 Å². The second-order valence-electron chi connectivity index (χ2n) is 3.84. The van der Waals surface area contributed by atoms with Gasteiger partial charge >= 0.3 is 5.97 Å². The molecule has 1 heterocycles. The number of carbonyl (C=O) groups excluding carboxylic acids is 1. The van der Waals surface area contributed by atoms with E-state index in [1.54, 1.807) is 6.92 Å². The van der Waals surface area contributed by atoms with E-state index in [9.17, 15) is 9.59 Å². The predicted molar refractivity (Wildman–Crippen MR) is 53.4 cm³/mol. The van der Waals surface area contributed by atoms with Gasteiger partial charge in [0.1, 0.15) is 6.10 Å². The van der Waals surface area contributed by atoms with E-state index in [0.717, 1.165) is 12.8 Å². The Morgan fingerprint density at radius 3 is 2.87 bits per heavy atom. The molecular weight excluding hydrogens is 198 g/mol. The van der Waals surface area contributed by atoms with Crippen LogP contribution in [0.25, 0.3) is 0 Å². The first-order valence-electron chi connectivity index (χ1n) is 5.23. The van der Waals surface area contributed by atoms with E-state index in [2.05, 4.69) is 5.32 Å². The lowest BCUT2D eigenvalue weighted by Crippen LogP contribution is -2.39. The molecule has 1 unspecified atom stereocenters. The van der Waals surface area contributed by atoms with Crippen LogP contribution in [0.5, 0.6) is 0 Å². The lowest BCUT2D eigenvalue weighted by atomic mass is 10.1. The summed E-state index contributed by atoms with van der Waals surface area (Å²) in [7, 11) is 0. The van der Waals surface area contributed by atoms with Gasteiger partial charge in [-0.1, -0.05) is 0 Å². The second kappa shape index (κ2) is 5.70. The average molecular weight is 215 g/mol. The van der Waals surface area contributed by atoms with Gasteiger partial charge in [0.15, 0.2) is 0 Å². The standard InChI is InChI=1S/C10H17NO4/c1-7(4-5-9(12)13)11-10(14)8-3-2-6-15-8/h7-8H,2-6H2,1H3,(H,11,14)(H,12,13)/t7?,8-/m0/s1. The van der Waals surface area contributed by atoms with Crippen molar-refractivity contribution in [2.75, 3.05) is 6.61 Å². The summed E-state index contributed by atoms with van der Waals surface area (Å²) in [5.74, 6) is -0.960. The highest BCUT2D eigenvalue weighted by molar-refractivity contribution is 5.81. The first-order chi connectivity index (χ1) is 7.09. The van der Waals surface area contributed by atoms with Gasteiger partial charge in [-0.3, -0.25) is 9.59 Å². The van der Waals surface area contributed by atoms with E-state index in [1.807, 2.05) is 0 Å². The van der Waals surface area contributed by atoms with Crippen LogP contribution in [0.3, 0.4) is 0 Å². The summed E-state index contributed by atoms with van der Waals surface area (Å²) in [4.78, 5) is 21.8. The van der Waals surface area contributed by atoms with Crippen molar-refractivity contribution in [2.45, 2.75) is 44.8 Å². The number of carboxylic acids is 1. The summed E-state index contributed by atoms with van der Waals surface area (Å²) in [6, 6.07) is -0.113. The third-order valence-electron chi connectivity index (χ3n) is 2.40. The minimum absolute atomic E-state index is 0.0764. The molecule has 1 aliphatic heterocycles. The second-order valence-corrected chi connectivity index (χ2v) is 3.84. The number of ether oxygens (including phenoxy) is 1. The van der Waals surface area contributed by atoms with Crippen molar-refractivity contribution < 1.29 is 19.4 Å². The first kappa shape index (κ1) is 12.0. The molecule has 0 aromatic carbocycles. The van der Waals surface area contributed by atoms with Crippen LogP contribution in [0.4, 0.5) is 0 Å². The first-order valence-corrected chi connectivity index (χ1v) is 5.23. The topological polar surface area (TPSA) is 75.6 Å². The monoisotopic (exact) mass is 215 g/mol. The van der Waals surface area contributed by atoms with Crippen molar-refractivity contribution in [3.05, 3.63) is 0 Å². The average Bonchev–Trinajstić information content (AvgIpc) is 2.67. The molecule has 1 amide bonds. The molecule has 2 N–H and O–H groups in total. The molecule has 0 bridgehead atoms. The zero-order chi connectivity index (χ0) is 11.3. The molecule has 1 aliphatic rings. The normalized spacial score (nSPS) is 22.3. The van der Waals surface area contributed by atoms with Crippen LogP contribution in [-0.2, 0) is 14.3 Å². The highest BCUT2D eigenvalue weighted by atomic mass is 16.5. The summed E-state index contributed by atoms with van der Waals surface area (Å²) in [6.45, 7) is 2.44. The Bertz CT molecular complexity index is 236. The molecule has 0 spiro atoms. The summed E-state index contributed by atoms with van der Waals surface area (Å²) in [6.07, 6.45) is 1.87. The number of rotatable bonds is 5. The Morgan fingerprint density at radius 1 is 1.60 bits per heavy atom. The van der Waals surface area contributed by atoms with E-state index >= 15 is 0 Å². The smallest absolute Gasteiger partial charge is 0.303 e. The molecular formula is C10H17NO4. The number of nitrogens with one attached hydrogen (secondary N) is 1. The number of hydrogen-bond acceptors (Lipinski definition) is 3. The highest BCUT2D eigenvalue weighted by Gasteiger charge is 2.24. The summed E-state index contributed by atoms with van der Waals surface area (Å²) in [5, 5.41) is 11.2.